The maximum Gasteiger partial charge on any atom is 0.269 e. The van der Waals surface area contributed by atoms with Crippen LogP contribution >= 0.6 is 0 Å². The fourth-order valence-corrected chi connectivity index (χ4v) is 4.74. The normalized spacial score (nSPS) is 21.9. The van der Waals surface area contributed by atoms with Gasteiger partial charge in [-0.15, -0.1) is 0 Å². The molecule has 0 amide bonds. The van der Waals surface area contributed by atoms with E-state index in [0.29, 0.717) is 0 Å². The van der Waals surface area contributed by atoms with E-state index in [0.717, 1.165) is 30.8 Å². The Kier molecular flexibility index (Phi) is 3.73. The standard InChI is InChI=1S/C17H16N2O5S/c20-19(21)11-1-3-12(4-2-11)25(22,23)13-5-6-16-15(9-13)14-7-8-18-10-17(14)24-16/h1-6,9,14,17-18H,7-8,10H2. The number of sulfone groups is 1. The average Bonchev–Trinajstić information content (AvgIpc) is 2.99. The van der Waals surface area contributed by atoms with E-state index in [1.807, 2.05) is 0 Å². The number of benzene rings is 2. The Morgan fingerprint density at radius 3 is 2.56 bits per heavy atom. The molecule has 2 unspecified atom stereocenters. The van der Waals surface area contributed by atoms with E-state index in [2.05, 4.69) is 5.32 Å². The highest BCUT2D eigenvalue weighted by Gasteiger charge is 2.37. The minimum absolute atomic E-state index is 0.0406. The first-order chi connectivity index (χ1) is 12.0. The van der Waals surface area contributed by atoms with E-state index in [4.69, 9.17) is 4.74 Å². The monoisotopic (exact) mass is 360 g/mol. The largest absolute Gasteiger partial charge is 0.488 e. The molecule has 0 radical (unpaired) electrons. The minimum Gasteiger partial charge on any atom is -0.488 e. The summed E-state index contributed by atoms with van der Waals surface area (Å²) in [6, 6.07) is 9.85. The van der Waals surface area contributed by atoms with Crippen LogP contribution in [0.4, 0.5) is 5.69 Å². The Bertz CT molecular complexity index is 940. The molecular weight excluding hydrogens is 344 g/mol. The van der Waals surface area contributed by atoms with Crippen LogP contribution in [0.2, 0.25) is 0 Å². The lowest BCUT2D eigenvalue weighted by atomic mass is 9.90. The SMILES string of the molecule is O=[N+]([O-])c1ccc(S(=O)(=O)c2ccc3c(c2)C2CCNCC2O3)cc1. The molecule has 0 bridgehead atoms. The molecule has 8 heteroatoms. The summed E-state index contributed by atoms with van der Waals surface area (Å²) in [5, 5.41) is 14.0. The number of piperidine rings is 1. The number of hydrogen-bond donors (Lipinski definition) is 1. The molecule has 2 aromatic carbocycles. The minimum atomic E-state index is -3.73. The Morgan fingerprint density at radius 2 is 1.84 bits per heavy atom. The fraction of sp³-hybridized carbons (Fsp3) is 0.294. The first-order valence-electron chi connectivity index (χ1n) is 7.98. The third-order valence-electron chi connectivity index (χ3n) is 4.75. The van der Waals surface area contributed by atoms with E-state index in [-0.39, 0.29) is 27.5 Å². The van der Waals surface area contributed by atoms with E-state index in [1.54, 1.807) is 12.1 Å². The van der Waals surface area contributed by atoms with Gasteiger partial charge in [-0.1, -0.05) is 0 Å². The highest BCUT2D eigenvalue weighted by Crippen LogP contribution is 2.42. The van der Waals surface area contributed by atoms with Crippen LogP contribution in [-0.4, -0.2) is 32.5 Å². The van der Waals surface area contributed by atoms with Crippen molar-refractivity contribution in [1.82, 2.24) is 5.32 Å². The zero-order valence-electron chi connectivity index (χ0n) is 13.2. The summed E-state index contributed by atoms with van der Waals surface area (Å²) in [6.45, 7) is 1.63. The molecule has 130 valence electrons. The van der Waals surface area contributed by atoms with Gasteiger partial charge >= 0.3 is 0 Å². The Hall–Kier alpha value is -2.45. The molecule has 1 saturated heterocycles. The van der Waals surface area contributed by atoms with Crippen LogP contribution in [0.3, 0.4) is 0 Å². The van der Waals surface area contributed by atoms with E-state index >= 15 is 0 Å². The first kappa shape index (κ1) is 16.0. The highest BCUT2D eigenvalue weighted by molar-refractivity contribution is 7.91. The summed E-state index contributed by atoms with van der Waals surface area (Å²) >= 11 is 0. The second kappa shape index (κ2) is 5.82. The van der Waals surface area contributed by atoms with Crippen LogP contribution < -0.4 is 10.1 Å². The van der Waals surface area contributed by atoms with Crippen LogP contribution in [0.1, 0.15) is 17.9 Å². The van der Waals surface area contributed by atoms with Crippen molar-refractivity contribution in [2.75, 3.05) is 13.1 Å². The molecule has 0 saturated carbocycles. The van der Waals surface area contributed by atoms with Crippen LogP contribution in [0.25, 0.3) is 0 Å². The molecule has 0 aromatic heterocycles. The van der Waals surface area contributed by atoms with E-state index in [9.17, 15) is 18.5 Å². The summed E-state index contributed by atoms with van der Waals surface area (Å²) < 4.78 is 31.6. The van der Waals surface area contributed by atoms with Crippen molar-refractivity contribution in [1.29, 1.82) is 0 Å². The molecule has 7 nitrogen and oxygen atoms in total. The zero-order valence-corrected chi connectivity index (χ0v) is 14.0. The summed E-state index contributed by atoms with van der Waals surface area (Å²) in [4.78, 5) is 10.4. The van der Waals surface area contributed by atoms with E-state index < -0.39 is 14.8 Å². The molecule has 2 heterocycles. The average molecular weight is 360 g/mol. The van der Waals surface area contributed by atoms with Crippen LogP contribution in [0, 0.1) is 10.1 Å². The third kappa shape index (κ3) is 2.67. The van der Waals surface area contributed by atoms with Crippen molar-refractivity contribution < 1.29 is 18.1 Å². The van der Waals surface area contributed by atoms with Gasteiger partial charge in [0.15, 0.2) is 0 Å². The number of ether oxygens (including phenoxy) is 1. The molecule has 25 heavy (non-hydrogen) atoms. The van der Waals surface area contributed by atoms with Crippen molar-refractivity contribution in [3.05, 3.63) is 58.1 Å². The van der Waals surface area contributed by atoms with Gasteiger partial charge < -0.3 is 10.1 Å². The number of non-ortho nitro benzene ring substituents is 1. The maximum absolute atomic E-state index is 12.9. The predicted molar refractivity (Wildman–Crippen MR) is 89.6 cm³/mol. The number of fused-ring (bicyclic) bond motifs is 3. The Morgan fingerprint density at radius 1 is 1.12 bits per heavy atom. The number of nitro benzene ring substituents is 1. The topological polar surface area (TPSA) is 98.5 Å². The third-order valence-corrected chi connectivity index (χ3v) is 6.52. The van der Waals surface area contributed by atoms with E-state index in [1.165, 1.54) is 30.3 Å². The summed E-state index contributed by atoms with van der Waals surface area (Å²) in [5.74, 6) is 0.935. The second-order valence-corrected chi connectivity index (χ2v) is 8.16. The van der Waals surface area contributed by atoms with Gasteiger partial charge in [-0.05, 0) is 43.3 Å². The first-order valence-corrected chi connectivity index (χ1v) is 9.46. The molecular formula is C17H16N2O5S. The van der Waals surface area contributed by atoms with Gasteiger partial charge in [0.05, 0.1) is 14.7 Å². The smallest absolute Gasteiger partial charge is 0.269 e. The van der Waals surface area contributed by atoms with Gasteiger partial charge in [-0.3, -0.25) is 10.1 Å². The number of hydrogen-bond acceptors (Lipinski definition) is 6. The van der Waals surface area contributed by atoms with Crippen LogP contribution in [0.15, 0.2) is 52.3 Å². The molecule has 1 fully saturated rings. The molecule has 2 aromatic rings. The van der Waals surface area contributed by atoms with Gasteiger partial charge in [-0.25, -0.2) is 8.42 Å². The molecule has 1 N–H and O–H groups in total. The van der Waals surface area contributed by atoms with Gasteiger partial charge in [0.25, 0.3) is 5.69 Å². The van der Waals surface area contributed by atoms with Crippen molar-refractivity contribution in [3.8, 4) is 5.75 Å². The number of nitrogens with zero attached hydrogens (tertiary/aromatic N) is 1. The van der Waals surface area contributed by atoms with Gasteiger partial charge in [0, 0.05) is 30.2 Å². The van der Waals surface area contributed by atoms with Crippen molar-refractivity contribution in [2.24, 2.45) is 0 Å². The molecule has 2 aliphatic heterocycles. The lowest BCUT2D eigenvalue weighted by Gasteiger charge is -2.24. The van der Waals surface area contributed by atoms with Crippen LogP contribution in [-0.2, 0) is 9.84 Å². The molecule has 0 spiro atoms. The van der Waals surface area contributed by atoms with Gasteiger partial charge in [-0.2, -0.15) is 0 Å². The summed E-state index contributed by atoms with van der Waals surface area (Å²) in [7, 11) is -3.73. The quantitative estimate of drug-likeness (QED) is 0.666. The van der Waals surface area contributed by atoms with Crippen molar-refractivity contribution in [3.63, 3.8) is 0 Å². The Labute approximate surface area is 144 Å². The molecule has 2 atom stereocenters. The summed E-state index contributed by atoms with van der Waals surface area (Å²) in [5.41, 5.74) is 0.785. The van der Waals surface area contributed by atoms with Gasteiger partial charge in [0.2, 0.25) is 9.84 Å². The molecule has 4 rings (SSSR count). The maximum atomic E-state index is 12.9. The van der Waals surface area contributed by atoms with Crippen molar-refractivity contribution >= 4 is 15.5 Å². The molecule has 0 aliphatic carbocycles. The fourth-order valence-electron chi connectivity index (χ4n) is 3.45. The van der Waals surface area contributed by atoms with Crippen molar-refractivity contribution in [2.45, 2.75) is 28.2 Å². The lowest BCUT2D eigenvalue weighted by molar-refractivity contribution is -0.384. The number of nitro groups is 1. The lowest BCUT2D eigenvalue weighted by Crippen LogP contribution is -2.39. The summed E-state index contributed by atoms with van der Waals surface area (Å²) in [6.07, 6.45) is 0.944. The number of rotatable bonds is 3. The second-order valence-electron chi connectivity index (χ2n) is 6.21. The zero-order chi connectivity index (χ0) is 17.6. The molecule has 2 aliphatic rings. The number of nitrogens with one attached hydrogen (secondary N) is 1. The van der Waals surface area contributed by atoms with Gasteiger partial charge in [0.1, 0.15) is 11.9 Å². The Balaban J connectivity index is 1.71. The predicted octanol–water partition coefficient (Wildman–Crippen LogP) is 2.27. The highest BCUT2D eigenvalue weighted by atomic mass is 32.2. The van der Waals surface area contributed by atoms with Crippen LogP contribution in [0.5, 0.6) is 5.75 Å².